The Morgan fingerprint density at radius 1 is 0.857 bits per heavy atom. The summed E-state index contributed by atoms with van der Waals surface area (Å²) in [6.45, 7) is 0. The second kappa shape index (κ2) is 13.3. The maximum Gasteiger partial charge on any atom is 0.337 e. The number of carbonyl (C=O) groups is 2. The maximum absolute atomic E-state index is 15.0. The Hall–Kier alpha value is -5.39. The smallest absolute Gasteiger partial charge is 0.337 e. The molecule has 0 atom stereocenters. The normalized spacial score (nSPS) is 11.6. The van der Waals surface area contributed by atoms with Gasteiger partial charge in [-0.1, -0.05) is 60.1 Å². The third kappa shape index (κ3) is 5.96. The molecule has 12 heteroatoms. The number of benzene rings is 5. The number of aromatic nitrogens is 1. The number of esters is 1. The lowest BCUT2D eigenvalue weighted by molar-refractivity contribution is 0.0600. The number of nitrogens with zero attached hydrogens (tertiary/aromatic N) is 1. The summed E-state index contributed by atoms with van der Waals surface area (Å²) in [6.07, 6.45) is -2.24. The van der Waals surface area contributed by atoms with Crippen LogP contribution < -0.4 is 4.74 Å². The minimum atomic E-state index is -4.59. The van der Waals surface area contributed by atoms with Crippen LogP contribution in [0.5, 0.6) is 5.75 Å². The van der Waals surface area contributed by atoms with Gasteiger partial charge in [-0.3, -0.25) is 4.79 Å². The highest BCUT2D eigenvalue weighted by atomic mass is 35.5. The summed E-state index contributed by atoms with van der Waals surface area (Å²) in [4.78, 5) is 24.2. The zero-order valence-electron chi connectivity index (χ0n) is 25.8. The lowest BCUT2D eigenvalue weighted by Crippen LogP contribution is -2.14. The minimum absolute atomic E-state index is 0.0373. The van der Waals surface area contributed by atoms with Gasteiger partial charge in [0.25, 0.3) is 16.4 Å². The summed E-state index contributed by atoms with van der Waals surface area (Å²) in [5.74, 6) is -1.05. The fourth-order valence-electron chi connectivity index (χ4n) is 5.80. The van der Waals surface area contributed by atoms with Gasteiger partial charge >= 0.3 is 5.97 Å². The molecule has 0 saturated heterocycles. The van der Waals surface area contributed by atoms with Crippen LogP contribution in [0.15, 0.2) is 108 Å². The molecule has 0 amide bonds. The van der Waals surface area contributed by atoms with Crippen LogP contribution in [0, 0.1) is 5.82 Å². The number of halogens is 4. The molecule has 49 heavy (non-hydrogen) atoms. The van der Waals surface area contributed by atoms with Gasteiger partial charge in [0.15, 0.2) is 6.29 Å². The van der Waals surface area contributed by atoms with Crippen molar-refractivity contribution in [1.29, 1.82) is 0 Å². The monoisotopic (exact) mass is 703 g/mol. The van der Waals surface area contributed by atoms with Gasteiger partial charge in [-0.05, 0) is 60.2 Å². The zero-order chi connectivity index (χ0) is 35.0. The van der Waals surface area contributed by atoms with E-state index in [1.165, 1.54) is 38.5 Å². The molecule has 6 rings (SSSR count). The van der Waals surface area contributed by atoms with E-state index in [9.17, 15) is 26.8 Å². The van der Waals surface area contributed by atoms with Crippen molar-refractivity contribution in [1.82, 2.24) is 3.97 Å². The number of rotatable bonds is 9. The number of fused-ring (bicyclic) bond motifs is 1. The Bertz CT molecular complexity index is 2370. The van der Waals surface area contributed by atoms with Crippen LogP contribution in [-0.2, 0) is 14.8 Å². The summed E-state index contributed by atoms with van der Waals surface area (Å²) >= 11 is 6.61. The standard InChI is InChI=1S/C37H25ClF3NO6S/c1-47-32-8-4-7-25(20-43)33(32)34-29-19-26(39)12-16-31(29)42(49(45,46)27-13-9-21(10-14-27)36(40)41)35(34)23-6-3-5-22(17-23)28-15-11-24(18-30(28)38)37(44)48-2/h3-20,36H,1-2H3. The van der Waals surface area contributed by atoms with E-state index in [0.29, 0.717) is 23.0 Å². The van der Waals surface area contributed by atoms with Crippen LogP contribution in [0.3, 0.4) is 0 Å². The molecule has 0 aliphatic heterocycles. The lowest BCUT2D eigenvalue weighted by atomic mass is 9.92. The van der Waals surface area contributed by atoms with Gasteiger partial charge < -0.3 is 9.47 Å². The average molecular weight is 704 g/mol. The molecule has 248 valence electrons. The van der Waals surface area contributed by atoms with Gasteiger partial charge in [0, 0.05) is 43.8 Å². The Balaban J connectivity index is 1.73. The predicted octanol–water partition coefficient (Wildman–Crippen LogP) is 9.22. The van der Waals surface area contributed by atoms with Crippen LogP contribution in [0.1, 0.15) is 32.7 Å². The molecule has 0 radical (unpaired) electrons. The first kappa shape index (κ1) is 33.5. The first-order valence-corrected chi connectivity index (χ1v) is 16.4. The van der Waals surface area contributed by atoms with E-state index < -0.39 is 28.2 Å². The summed E-state index contributed by atoms with van der Waals surface area (Å²) in [5.41, 5.74) is 1.81. The molecule has 0 bridgehead atoms. The van der Waals surface area contributed by atoms with E-state index >= 15 is 4.39 Å². The topological polar surface area (TPSA) is 91.7 Å². The van der Waals surface area contributed by atoms with Crippen molar-refractivity contribution in [3.63, 3.8) is 0 Å². The zero-order valence-corrected chi connectivity index (χ0v) is 27.4. The van der Waals surface area contributed by atoms with Gasteiger partial charge in [-0.15, -0.1) is 0 Å². The van der Waals surface area contributed by atoms with Crippen LogP contribution in [0.4, 0.5) is 13.2 Å². The van der Waals surface area contributed by atoms with Gasteiger partial charge in [0.05, 0.1) is 35.9 Å². The van der Waals surface area contributed by atoms with Gasteiger partial charge in [-0.2, -0.15) is 0 Å². The van der Waals surface area contributed by atoms with E-state index in [0.717, 1.165) is 40.4 Å². The highest BCUT2D eigenvalue weighted by molar-refractivity contribution is 7.90. The summed E-state index contributed by atoms with van der Waals surface area (Å²) < 4.78 is 82.5. The summed E-state index contributed by atoms with van der Waals surface area (Å²) in [7, 11) is -1.96. The van der Waals surface area contributed by atoms with Crippen LogP contribution >= 0.6 is 11.6 Å². The third-order valence-electron chi connectivity index (χ3n) is 8.05. The van der Waals surface area contributed by atoms with Crippen molar-refractivity contribution < 1.29 is 40.7 Å². The first-order chi connectivity index (χ1) is 23.5. The SMILES string of the molecule is COC(=O)c1ccc(-c2cccc(-c3c(-c4c(C=O)cccc4OC)c4cc(F)ccc4n3S(=O)(=O)c3ccc(C(F)F)cc3)c2)c(Cl)c1. The highest BCUT2D eigenvalue weighted by Crippen LogP contribution is 2.48. The van der Waals surface area contributed by atoms with Crippen LogP contribution in [0.2, 0.25) is 5.02 Å². The van der Waals surface area contributed by atoms with Crippen molar-refractivity contribution in [2.75, 3.05) is 14.2 Å². The largest absolute Gasteiger partial charge is 0.496 e. The maximum atomic E-state index is 15.0. The Kier molecular flexibility index (Phi) is 9.06. The van der Waals surface area contributed by atoms with E-state index in [4.69, 9.17) is 21.1 Å². The van der Waals surface area contributed by atoms with Gasteiger partial charge in [0.2, 0.25) is 0 Å². The molecule has 1 heterocycles. The summed E-state index contributed by atoms with van der Waals surface area (Å²) in [6, 6.07) is 23.7. The number of ether oxygens (including phenoxy) is 2. The average Bonchev–Trinajstić information content (AvgIpc) is 3.45. The van der Waals surface area contributed by atoms with E-state index in [2.05, 4.69) is 0 Å². The molecular formula is C37H25ClF3NO6S. The molecular weight excluding hydrogens is 679 g/mol. The fraction of sp³-hybridized carbons (Fsp3) is 0.0811. The number of hydrogen-bond donors (Lipinski definition) is 0. The lowest BCUT2D eigenvalue weighted by Gasteiger charge is -2.17. The second-order valence-corrected chi connectivity index (χ2v) is 13.0. The molecule has 7 nitrogen and oxygen atoms in total. The molecule has 0 saturated carbocycles. The van der Waals surface area contributed by atoms with Crippen LogP contribution in [0.25, 0.3) is 44.4 Å². The highest BCUT2D eigenvalue weighted by Gasteiger charge is 2.31. The van der Waals surface area contributed by atoms with E-state index in [1.54, 1.807) is 42.5 Å². The molecule has 0 unspecified atom stereocenters. The Morgan fingerprint density at radius 3 is 2.22 bits per heavy atom. The molecule has 0 N–H and O–H groups in total. The van der Waals surface area contributed by atoms with Crippen LogP contribution in [-0.4, -0.2) is 38.9 Å². The number of carbonyl (C=O) groups excluding carboxylic acids is 2. The molecule has 1 aromatic heterocycles. The van der Waals surface area contributed by atoms with Crippen molar-refractivity contribution in [3.8, 4) is 39.3 Å². The third-order valence-corrected chi connectivity index (χ3v) is 10.1. The predicted molar refractivity (Wildman–Crippen MR) is 180 cm³/mol. The quantitative estimate of drug-likeness (QED) is 0.110. The first-order valence-electron chi connectivity index (χ1n) is 14.6. The molecule has 5 aromatic carbocycles. The van der Waals surface area contributed by atoms with Crippen molar-refractivity contribution in [2.24, 2.45) is 0 Å². The number of alkyl halides is 2. The minimum Gasteiger partial charge on any atom is -0.496 e. The second-order valence-electron chi connectivity index (χ2n) is 10.8. The number of methoxy groups -OCH3 is 2. The molecule has 0 spiro atoms. The van der Waals surface area contributed by atoms with Gasteiger partial charge in [0.1, 0.15) is 11.6 Å². The number of aldehydes is 1. The molecule has 0 fully saturated rings. The van der Waals surface area contributed by atoms with Crippen molar-refractivity contribution in [3.05, 3.63) is 131 Å². The molecule has 6 aromatic rings. The van der Waals surface area contributed by atoms with Crippen molar-refractivity contribution >= 4 is 44.8 Å². The Labute approximate surface area is 284 Å². The number of hydrogen-bond acceptors (Lipinski definition) is 6. The fourth-order valence-corrected chi connectivity index (χ4v) is 7.64. The van der Waals surface area contributed by atoms with Gasteiger partial charge in [-0.25, -0.2) is 30.4 Å². The van der Waals surface area contributed by atoms with E-state index in [-0.39, 0.29) is 60.1 Å². The molecule has 0 aliphatic rings. The molecule has 0 aliphatic carbocycles. The van der Waals surface area contributed by atoms with Crippen molar-refractivity contribution in [2.45, 2.75) is 11.3 Å². The van der Waals surface area contributed by atoms with E-state index in [1.807, 2.05) is 0 Å². The Morgan fingerprint density at radius 2 is 1.57 bits per heavy atom. The summed E-state index contributed by atoms with van der Waals surface area (Å²) in [5, 5.41) is 0.351.